The van der Waals surface area contributed by atoms with Crippen molar-refractivity contribution < 1.29 is 0 Å². The first-order valence-corrected chi connectivity index (χ1v) is 9.97. The minimum Gasteiger partial charge on any atom is -0.268 e. The van der Waals surface area contributed by atoms with E-state index in [0.717, 1.165) is 10.5 Å². The van der Waals surface area contributed by atoms with Gasteiger partial charge in [-0.3, -0.25) is 14.3 Å². The minimum absolute atomic E-state index is 0.102. The van der Waals surface area contributed by atoms with E-state index in [2.05, 4.69) is 9.97 Å². The largest absolute Gasteiger partial charge is 0.337 e. The molecule has 4 aromatic rings. The van der Waals surface area contributed by atoms with E-state index in [-0.39, 0.29) is 12.1 Å². The molecule has 0 aliphatic heterocycles. The van der Waals surface area contributed by atoms with Gasteiger partial charge < -0.3 is 0 Å². The summed E-state index contributed by atoms with van der Waals surface area (Å²) in [7, 11) is 0. The quantitative estimate of drug-likeness (QED) is 0.501. The standard InChI is InChI=1S/C21H18N4O2S/c1-14-8-9-15(23-12-14)13-24-20(26)18-7-4-10-22-19(18)25(21(24)27)16-5-3-6-17(11-16)28-2/h3-12H,13H2,1-2H3. The molecule has 28 heavy (non-hydrogen) atoms. The van der Waals surface area contributed by atoms with Crippen LogP contribution in [0.4, 0.5) is 0 Å². The van der Waals surface area contributed by atoms with Gasteiger partial charge in [0, 0.05) is 17.3 Å². The van der Waals surface area contributed by atoms with Gasteiger partial charge in [0.15, 0.2) is 5.65 Å². The van der Waals surface area contributed by atoms with E-state index in [1.54, 1.807) is 36.3 Å². The van der Waals surface area contributed by atoms with Crippen molar-refractivity contribution in [1.29, 1.82) is 0 Å². The molecule has 0 N–H and O–H groups in total. The van der Waals surface area contributed by atoms with Gasteiger partial charge in [-0.15, -0.1) is 11.8 Å². The zero-order chi connectivity index (χ0) is 19.7. The van der Waals surface area contributed by atoms with Crippen LogP contribution in [0.15, 0.2) is 75.4 Å². The molecule has 0 radical (unpaired) electrons. The maximum Gasteiger partial charge on any atom is 0.337 e. The third-order valence-corrected chi connectivity index (χ3v) is 5.23. The zero-order valence-electron chi connectivity index (χ0n) is 15.5. The number of nitrogens with zero attached hydrogens (tertiary/aromatic N) is 4. The molecule has 0 aliphatic rings. The maximum atomic E-state index is 13.3. The first-order chi connectivity index (χ1) is 13.6. The van der Waals surface area contributed by atoms with Gasteiger partial charge in [0.05, 0.1) is 23.3 Å². The molecule has 3 heterocycles. The summed E-state index contributed by atoms with van der Waals surface area (Å²) >= 11 is 1.59. The van der Waals surface area contributed by atoms with Crippen molar-refractivity contribution in [3.8, 4) is 5.69 Å². The molecule has 6 nitrogen and oxygen atoms in total. The number of benzene rings is 1. The molecular formula is C21H18N4O2S. The van der Waals surface area contributed by atoms with Crippen molar-refractivity contribution >= 4 is 22.8 Å². The molecule has 0 atom stereocenters. The van der Waals surface area contributed by atoms with Crippen LogP contribution >= 0.6 is 11.8 Å². The Morgan fingerprint density at radius 2 is 1.89 bits per heavy atom. The van der Waals surface area contributed by atoms with E-state index in [4.69, 9.17) is 0 Å². The van der Waals surface area contributed by atoms with Crippen molar-refractivity contribution in [3.63, 3.8) is 0 Å². The Labute approximate surface area is 165 Å². The molecule has 0 bridgehead atoms. The van der Waals surface area contributed by atoms with Gasteiger partial charge in [0.1, 0.15) is 0 Å². The molecule has 140 valence electrons. The number of aromatic nitrogens is 4. The third kappa shape index (κ3) is 3.25. The van der Waals surface area contributed by atoms with E-state index >= 15 is 0 Å². The Kier molecular flexibility index (Phi) is 4.83. The van der Waals surface area contributed by atoms with Gasteiger partial charge in [-0.2, -0.15) is 0 Å². The fourth-order valence-electron chi connectivity index (χ4n) is 3.06. The molecule has 0 aliphatic carbocycles. The highest BCUT2D eigenvalue weighted by Gasteiger charge is 2.16. The van der Waals surface area contributed by atoms with Crippen molar-refractivity contribution in [2.45, 2.75) is 18.4 Å². The lowest BCUT2D eigenvalue weighted by Crippen LogP contribution is -2.40. The predicted molar refractivity (Wildman–Crippen MR) is 111 cm³/mol. The molecule has 0 saturated heterocycles. The number of thioether (sulfide) groups is 1. The topological polar surface area (TPSA) is 69.8 Å². The van der Waals surface area contributed by atoms with E-state index in [1.807, 2.05) is 49.6 Å². The van der Waals surface area contributed by atoms with Crippen molar-refractivity contribution in [2.24, 2.45) is 0 Å². The zero-order valence-corrected chi connectivity index (χ0v) is 16.3. The van der Waals surface area contributed by atoms with E-state index in [9.17, 15) is 9.59 Å². The fraction of sp³-hybridized carbons (Fsp3) is 0.143. The van der Waals surface area contributed by atoms with Gasteiger partial charge in [-0.1, -0.05) is 12.1 Å². The fourth-order valence-corrected chi connectivity index (χ4v) is 3.51. The van der Waals surface area contributed by atoms with Crippen LogP contribution < -0.4 is 11.2 Å². The highest BCUT2D eigenvalue weighted by molar-refractivity contribution is 7.98. The van der Waals surface area contributed by atoms with Crippen LogP contribution in [0.25, 0.3) is 16.7 Å². The lowest BCUT2D eigenvalue weighted by atomic mass is 10.2. The number of aryl methyl sites for hydroxylation is 1. The normalized spacial score (nSPS) is 11.1. The first kappa shape index (κ1) is 18.2. The van der Waals surface area contributed by atoms with Crippen LogP contribution in [-0.4, -0.2) is 25.4 Å². The van der Waals surface area contributed by atoms with E-state index in [0.29, 0.717) is 22.4 Å². The van der Waals surface area contributed by atoms with Gasteiger partial charge in [0.2, 0.25) is 0 Å². The Bertz CT molecular complexity index is 1280. The second-order valence-electron chi connectivity index (χ2n) is 6.41. The summed E-state index contributed by atoms with van der Waals surface area (Å²) in [6.45, 7) is 2.04. The predicted octanol–water partition coefficient (Wildman–Crippen LogP) is 3.02. The summed E-state index contributed by atoms with van der Waals surface area (Å²) in [6.07, 6.45) is 5.29. The number of pyridine rings is 2. The van der Waals surface area contributed by atoms with Crippen LogP contribution in [0.1, 0.15) is 11.3 Å². The van der Waals surface area contributed by atoms with Crippen LogP contribution in [0.2, 0.25) is 0 Å². The number of hydrogen-bond donors (Lipinski definition) is 0. The second-order valence-corrected chi connectivity index (χ2v) is 7.29. The van der Waals surface area contributed by atoms with Crippen molar-refractivity contribution in [2.75, 3.05) is 6.26 Å². The molecule has 4 rings (SSSR count). The molecule has 0 unspecified atom stereocenters. The van der Waals surface area contributed by atoms with Crippen LogP contribution in [0, 0.1) is 6.92 Å². The summed E-state index contributed by atoms with van der Waals surface area (Å²) in [5.74, 6) is 0. The Morgan fingerprint density at radius 3 is 2.64 bits per heavy atom. The van der Waals surface area contributed by atoms with Crippen LogP contribution in [0.5, 0.6) is 0 Å². The summed E-state index contributed by atoms with van der Waals surface area (Å²) in [5.41, 5.74) is 1.89. The van der Waals surface area contributed by atoms with Gasteiger partial charge in [-0.05, 0) is 55.1 Å². The molecular weight excluding hydrogens is 372 g/mol. The average Bonchev–Trinajstić information content (AvgIpc) is 2.73. The second kappa shape index (κ2) is 7.44. The lowest BCUT2D eigenvalue weighted by Gasteiger charge is -2.14. The maximum absolute atomic E-state index is 13.3. The van der Waals surface area contributed by atoms with Gasteiger partial charge in [-0.25, -0.2) is 14.3 Å². The molecule has 3 aromatic heterocycles. The summed E-state index contributed by atoms with van der Waals surface area (Å²) in [4.78, 5) is 36.0. The van der Waals surface area contributed by atoms with Crippen molar-refractivity contribution in [3.05, 3.63) is 93.0 Å². The van der Waals surface area contributed by atoms with E-state index in [1.165, 1.54) is 9.13 Å². The lowest BCUT2D eigenvalue weighted by molar-refractivity contribution is 0.670. The SMILES string of the molecule is CSc1cccc(-n2c(=O)n(Cc3ccc(C)cn3)c(=O)c3cccnc32)c1. The Morgan fingerprint density at radius 1 is 1.04 bits per heavy atom. The first-order valence-electron chi connectivity index (χ1n) is 8.75. The summed E-state index contributed by atoms with van der Waals surface area (Å²) in [6, 6.07) is 14.8. The van der Waals surface area contributed by atoms with Gasteiger partial charge >= 0.3 is 5.69 Å². The monoisotopic (exact) mass is 390 g/mol. The molecule has 7 heteroatoms. The molecule has 0 fully saturated rings. The highest BCUT2D eigenvalue weighted by atomic mass is 32.2. The number of fused-ring (bicyclic) bond motifs is 1. The van der Waals surface area contributed by atoms with Crippen molar-refractivity contribution in [1.82, 2.24) is 19.1 Å². The average molecular weight is 390 g/mol. The minimum atomic E-state index is -0.433. The Hall–Kier alpha value is -3.19. The van der Waals surface area contributed by atoms with Crippen LogP contribution in [0.3, 0.4) is 0 Å². The Balaban J connectivity index is 2.00. The summed E-state index contributed by atoms with van der Waals surface area (Å²) < 4.78 is 2.71. The molecule has 1 aromatic carbocycles. The summed E-state index contributed by atoms with van der Waals surface area (Å²) in [5, 5.41) is 0.392. The number of hydrogen-bond acceptors (Lipinski definition) is 5. The third-order valence-electron chi connectivity index (χ3n) is 4.50. The highest BCUT2D eigenvalue weighted by Crippen LogP contribution is 2.19. The molecule has 0 saturated carbocycles. The van der Waals surface area contributed by atoms with Crippen LogP contribution in [-0.2, 0) is 6.54 Å². The molecule has 0 spiro atoms. The van der Waals surface area contributed by atoms with Gasteiger partial charge in [0.25, 0.3) is 5.56 Å². The van der Waals surface area contributed by atoms with E-state index < -0.39 is 5.69 Å². The number of rotatable bonds is 4. The molecule has 0 amide bonds. The smallest absolute Gasteiger partial charge is 0.268 e.